The first kappa shape index (κ1) is 93.4. The van der Waals surface area contributed by atoms with Gasteiger partial charge in [0.2, 0.25) is 0 Å². The van der Waals surface area contributed by atoms with Crippen LogP contribution in [0.3, 0.4) is 0 Å². The van der Waals surface area contributed by atoms with Crippen molar-refractivity contribution in [3.8, 4) is 0 Å². The van der Waals surface area contributed by atoms with Crippen LogP contribution in [0.4, 0.5) is 0 Å². The molecule has 0 heterocycles. The van der Waals surface area contributed by atoms with E-state index in [-0.39, 0.29) is 5.41 Å². The van der Waals surface area contributed by atoms with Gasteiger partial charge in [-0.2, -0.15) is 0 Å². The summed E-state index contributed by atoms with van der Waals surface area (Å²) in [5.41, 5.74) is 13.9. The molecule has 0 nitrogen and oxygen atoms in total. The van der Waals surface area contributed by atoms with Crippen molar-refractivity contribution < 1.29 is 4.11 Å². The summed E-state index contributed by atoms with van der Waals surface area (Å²) >= 11 is 0. The lowest BCUT2D eigenvalue weighted by Gasteiger charge is -2.37. The van der Waals surface area contributed by atoms with Gasteiger partial charge in [0.25, 0.3) is 0 Å². The summed E-state index contributed by atoms with van der Waals surface area (Å²) in [6.45, 7) is 108. The first-order valence-corrected chi connectivity index (χ1v) is 32.8. The maximum absolute atomic E-state index is 7.47. The predicted molar refractivity (Wildman–Crippen MR) is 394 cm³/mol. The molecule has 0 N–H and O–H groups in total. The fraction of sp³-hybridized carbons (Fsp3) is 0.877. The standard InChI is InChI=1S/2C9H20.2C9H18.3C8H16.3C7H16/c1-8(2,3)7-9(4,5)6;1-7-9(5,6)8(2,3)4;2*1-7(2)8(3)9(4,5)6;2*1-7(2)6-8(3,4)5;1-6-7(2)8(3,4)5;2*1-5-6-7(2,3)4;1-5-7(3,4)6-2/h2*7H2,1-6H3;2*1-6H3;3*6H,1-5H3;3*5-6H2,1-4H3/b;;;;;;7-6-;;;/i;5D3;;;;;;;;. The third-order valence-electron chi connectivity index (χ3n) is 14.1. The minimum Gasteiger partial charge on any atom is -0.0882 e. The molecule has 496 valence electrons. The van der Waals surface area contributed by atoms with Crippen LogP contribution in [0.5, 0.6) is 0 Å². The Morgan fingerprint density at radius 3 is 0.593 bits per heavy atom. The summed E-state index contributed by atoms with van der Waals surface area (Å²) in [5.74, 6) is 0. The van der Waals surface area contributed by atoms with Gasteiger partial charge in [0, 0.05) is 4.11 Å². The number of rotatable bonds is 5. The molecule has 1 atom stereocenters. The van der Waals surface area contributed by atoms with Gasteiger partial charge >= 0.3 is 0 Å². The summed E-state index contributed by atoms with van der Waals surface area (Å²) in [6, 6.07) is 0. The first-order chi connectivity index (χ1) is 36.0. The summed E-state index contributed by atoms with van der Waals surface area (Å²) in [7, 11) is 0. The van der Waals surface area contributed by atoms with Crippen molar-refractivity contribution in [2.45, 2.75) is 404 Å². The summed E-state index contributed by atoms with van der Waals surface area (Å²) in [4.78, 5) is 0. The normalized spacial score (nSPS) is 13.7. The van der Waals surface area contributed by atoms with E-state index in [9.17, 15) is 0 Å². The number of allylic oxidation sites excluding steroid dienone is 10. The van der Waals surface area contributed by atoms with Crippen molar-refractivity contribution in [1.82, 2.24) is 0 Å². The van der Waals surface area contributed by atoms with E-state index >= 15 is 0 Å². The van der Waals surface area contributed by atoms with E-state index in [1.165, 1.54) is 84.0 Å². The van der Waals surface area contributed by atoms with E-state index in [0.717, 1.165) is 0 Å². The quantitative estimate of drug-likeness (QED) is 0.241. The first-order valence-electron chi connectivity index (χ1n) is 34.3. The molecule has 0 aromatic rings. The average molecular weight is 1150 g/mol. The molecule has 0 aliphatic carbocycles. The van der Waals surface area contributed by atoms with Crippen molar-refractivity contribution >= 4 is 0 Å². The second-order valence-corrected chi connectivity index (χ2v) is 36.9. The Balaban J connectivity index is -0.0000000909. The van der Waals surface area contributed by atoms with Gasteiger partial charge in [-0.15, -0.1) is 0 Å². The van der Waals surface area contributed by atoms with Gasteiger partial charge in [-0.05, 0) is 167 Å². The van der Waals surface area contributed by atoms with Gasteiger partial charge in [-0.3, -0.25) is 0 Å². The molecule has 0 saturated carbocycles. The second kappa shape index (κ2) is 45.0. The molecular formula is C81H172. The molecule has 0 saturated heterocycles. The highest BCUT2D eigenvalue weighted by molar-refractivity contribution is 5.14. The minimum atomic E-state index is -1.86. The lowest BCUT2D eigenvalue weighted by molar-refractivity contribution is 0.126. The average Bonchev–Trinajstić information content (AvgIpc) is 3.18. The molecule has 0 spiro atoms. The molecule has 0 aliphatic rings. The van der Waals surface area contributed by atoms with Crippen LogP contribution < -0.4 is 0 Å². The highest BCUT2D eigenvalue weighted by Gasteiger charge is 2.30. The van der Waals surface area contributed by atoms with Gasteiger partial charge < -0.3 is 0 Å². The van der Waals surface area contributed by atoms with Crippen LogP contribution >= 0.6 is 0 Å². The summed E-state index contributed by atoms with van der Waals surface area (Å²) in [5, 5.41) is 0. The van der Waals surface area contributed by atoms with Crippen molar-refractivity contribution in [1.29, 1.82) is 0 Å². The fourth-order valence-corrected chi connectivity index (χ4v) is 7.54. The number of hydrogen-bond donors (Lipinski definition) is 0. The zero-order chi connectivity index (χ0) is 71.3. The summed E-state index contributed by atoms with van der Waals surface area (Å²) < 4.78 is 22.4. The Hall–Kier alpha value is -1.30. The molecule has 81 heavy (non-hydrogen) atoms. The van der Waals surface area contributed by atoms with E-state index < -0.39 is 12.3 Å². The Kier molecular flexibility index (Phi) is 51.9. The Bertz CT molecular complexity index is 1610. The molecule has 0 amide bonds. The van der Waals surface area contributed by atoms with Crippen molar-refractivity contribution in [2.24, 2.45) is 65.0 Å². The Morgan fingerprint density at radius 2 is 0.593 bits per heavy atom. The van der Waals surface area contributed by atoms with Crippen LogP contribution in [0.2, 0.25) is 0 Å². The highest BCUT2D eigenvalue weighted by atomic mass is 14.4. The lowest BCUT2D eigenvalue weighted by Crippen LogP contribution is -2.28. The predicted octanol–water partition coefficient (Wildman–Crippen LogP) is 31.2. The van der Waals surface area contributed by atoms with Crippen LogP contribution in [0.25, 0.3) is 0 Å². The monoisotopic (exact) mass is 1150 g/mol. The van der Waals surface area contributed by atoms with Crippen LogP contribution in [0, 0.1) is 65.0 Å². The molecule has 0 bridgehead atoms. The molecule has 1 unspecified atom stereocenters. The van der Waals surface area contributed by atoms with Crippen molar-refractivity contribution in [3.63, 3.8) is 0 Å². The zero-order valence-corrected chi connectivity index (χ0v) is 67.4. The molecule has 0 rings (SSSR count). The Morgan fingerprint density at radius 1 is 0.346 bits per heavy atom. The maximum Gasteiger partial charge on any atom is 0.0236 e. The Labute approximate surface area is 528 Å². The van der Waals surface area contributed by atoms with Crippen molar-refractivity contribution in [3.05, 3.63) is 57.2 Å². The highest BCUT2D eigenvalue weighted by Crippen LogP contribution is 2.40. The van der Waals surface area contributed by atoms with Crippen molar-refractivity contribution in [2.75, 3.05) is 0 Å². The molecular weight excluding hydrogens is 973 g/mol. The van der Waals surface area contributed by atoms with E-state index in [2.05, 4.69) is 330 Å². The van der Waals surface area contributed by atoms with Crippen LogP contribution in [0.15, 0.2) is 57.2 Å². The van der Waals surface area contributed by atoms with Gasteiger partial charge in [-0.1, -0.05) is 359 Å². The third-order valence-corrected chi connectivity index (χ3v) is 14.1. The SMILES string of the molecule is C/C=C(/C)C(C)(C)C.CC(C)(C)CC(C)(C)C.CC(C)=C(C)C(C)(C)C.CC(C)=C(C)C(C)(C)C.CC(C)=CC(C)(C)C.CC(C)=CC(C)(C)C.CCC(C)(C)CC.CCCC(C)(C)C.CCCC(C)(C)C.[2H]C([2H])([2H])C(C)(CC)C(C)(C)C. The van der Waals surface area contributed by atoms with Crippen LogP contribution in [-0.4, -0.2) is 0 Å². The second-order valence-electron chi connectivity index (χ2n) is 36.9. The molecule has 0 radical (unpaired) electrons. The van der Waals surface area contributed by atoms with E-state index in [4.69, 9.17) is 4.11 Å². The molecule has 0 heteroatoms. The maximum atomic E-state index is 7.47. The van der Waals surface area contributed by atoms with Crippen LogP contribution in [-0.2, 0) is 0 Å². The smallest absolute Gasteiger partial charge is 0.0236 e. The van der Waals surface area contributed by atoms with Gasteiger partial charge in [0.05, 0.1) is 0 Å². The zero-order valence-electron chi connectivity index (χ0n) is 70.4. The molecule has 0 fully saturated rings. The van der Waals surface area contributed by atoms with Gasteiger partial charge in [0.15, 0.2) is 0 Å². The number of hydrogen-bond acceptors (Lipinski definition) is 0. The summed E-state index contributed by atoms with van der Waals surface area (Å²) in [6.07, 6.45) is 16.6. The van der Waals surface area contributed by atoms with E-state index in [1.54, 1.807) is 0 Å². The fourth-order valence-electron chi connectivity index (χ4n) is 7.54. The van der Waals surface area contributed by atoms with Gasteiger partial charge in [0.1, 0.15) is 0 Å². The molecule has 0 aromatic heterocycles. The molecule has 0 aliphatic heterocycles. The third kappa shape index (κ3) is 98.1. The van der Waals surface area contributed by atoms with E-state index in [1.807, 2.05) is 34.6 Å². The molecule has 0 aromatic carbocycles. The van der Waals surface area contributed by atoms with E-state index in [0.29, 0.717) is 60.6 Å². The topological polar surface area (TPSA) is 0 Å². The van der Waals surface area contributed by atoms with Gasteiger partial charge in [-0.25, -0.2) is 0 Å². The lowest BCUT2D eigenvalue weighted by atomic mass is 9.68. The van der Waals surface area contributed by atoms with Crippen LogP contribution in [0.1, 0.15) is 409 Å². The minimum absolute atomic E-state index is 0.174. The largest absolute Gasteiger partial charge is 0.0882 e.